The minimum atomic E-state index is -0.318. The summed E-state index contributed by atoms with van der Waals surface area (Å²) in [4.78, 5) is 39.2. The van der Waals surface area contributed by atoms with Crippen molar-refractivity contribution in [2.45, 2.75) is 12.8 Å². The van der Waals surface area contributed by atoms with Crippen molar-refractivity contribution in [1.82, 2.24) is 0 Å². The predicted molar refractivity (Wildman–Crippen MR) is 106 cm³/mol. The largest absolute Gasteiger partial charge is 0.483 e. The number of hydrogen-bond donors (Lipinski definition) is 0. The molecule has 0 radical (unpaired) electrons. The molecule has 0 saturated carbocycles. The zero-order chi connectivity index (χ0) is 19.7. The number of nitrogens with zero attached hydrogens (tertiary/aromatic N) is 1. The lowest BCUT2D eigenvalue weighted by Crippen LogP contribution is -2.31. The Labute approximate surface area is 167 Å². The second-order valence-corrected chi connectivity index (χ2v) is 7.29. The van der Waals surface area contributed by atoms with Gasteiger partial charge in [0.1, 0.15) is 5.75 Å². The molecule has 5 nitrogen and oxygen atoms in total. The SMILES string of the molecule is O=C(COc1ccccc1N1C(=O)[C@@H]2CC=CC[C@H]2C1=O)c1ccc(Cl)cc1. The van der Waals surface area contributed by atoms with Crippen LogP contribution in [0.25, 0.3) is 0 Å². The molecule has 4 rings (SSSR count). The highest BCUT2D eigenvalue weighted by Crippen LogP contribution is 2.40. The summed E-state index contributed by atoms with van der Waals surface area (Å²) in [6.07, 6.45) is 5.04. The Balaban J connectivity index is 1.54. The lowest BCUT2D eigenvalue weighted by atomic mass is 9.85. The summed E-state index contributed by atoms with van der Waals surface area (Å²) in [5.41, 5.74) is 0.864. The zero-order valence-electron chi connectivity index (χ0n) is 15.0. The number of para-hydroxylation sites is 2. The molecule has 0 spiro atoms. The highest BCUT2D eigenvalue weighted by Gasteiger charge is 2.48. The molecular weight excluding hydrogens is 378 g/mol. The molecule has 0 unspecified atom stereocenters. The van der Waals surface area contributed by atoms with Crippen LogP contribution in [0.1, 0.15) is 23.2 Å². The van der Waals surface area contributed by atoms with Gasteiger partial charge in [-0.1, -0.05) is 35.9 Å². The third-order valence-electron chi connectivity index (χ3n) is 5.14. The molecule has 2 aromatic rings. The molecule has 0 bridgehead atoms. The van der Waals surface area contributed by atoms with E-state index < -0.39 is 0 Å². The molecule has 6 heteroatoms. The summed E-state index contributed by atoms with van der Waals surface area (Å²) in [5, 5.41) is 0.546. The first-order chi connectivity index (χ1) is 13.6. The molecule has 1 heterocycles. The van der Waals surface area contributed by atoms with Gasteiger partial charge in [0.05, 0.1) is 17.5 Å². The fraction of sp³-hybridized carbons (Fsp3) is 0.227. The van der Waals surface area contributed by atoms with Crippen LogP contribution in [0, 0.1) is 11.8 Å². The van der Waals surface area contributed by atoms with Gasteiger partial charge >= 0.3 is 0 Å². The monoisotopic (exact) mass is 395 g/mol. The van der Waals surface area contributed by atoms with E-state index in [9.17, 15) is 14.4 Å². The number of ether oxygens (including phenoxy) is 1. The molecule has 1 aliphatic heterocycles. The average molecular weight is 396 g/mol. The number of amides is 2. The lowest BCUT2D eigenvalue weighted by Gasteiger charge is -2.18. The molecule has 1 aliphatic carbocycles. The minimum absolute atomic E-state index is 0.205. The number of allylic oxidation sites excluding steroid dienone is 2. The summed E-state index contributed by atoms with van der Waals surface area (Å²) < 4.78 is 5.70. The van der Waals surface area contributed by atoms with Crippen LogP contribution in [0.4, 0.5) is 5.69 Å². The van der Waals surface area contributed by atoms with E-state index in [0.29, 0.717) is 34.9 Å². The Morgan fingerprint density at radius 3 is 2.21 bits per heavy atom. The number of halogens is 1. The van der Waals surface area contributed by atoms with Gasteiger partial charge in [0.15, 0.2) is 12.4 Å². The average Bonchev–Trinajstić information content (AvgIpc) is 2.97. The van der Waals surface area contributed by atoms with E-state index in [1.54, 1.807) is 48.5 Å². The maximum atomic E-state index is 12.8. The van der Waals surface area contributed by atoms with Crippen molar-refractivity contribution in [2.24, 2.45) is 11.8 Å². The first-order valence-electron chi connectivity index (χ1n) is 9.09. The fourth-order valence-corrected chi connectivity index (χ4v) is 3.79. The maximum absolute atomic E-state index is 12.8. The number of fused-ring (bicyclic) bond motifs is 1. The summed E-state index contributed by atoms with van der Waals surface area (Å²) in [5.74, 6) is -0.942. The highest BCUT2D eigenvalue weighted by atomic mass is 35.5. The van der Waals surface area contributed by atoms with Gasteiger partial charge in [-0.05, 0) is 49.2 Å². The maximum Gasteiger partial charge on any atom is 0.238 e. The molecule has 2 aliphatic rings. The number of benzene rings is 2. The number of carbonyl (C=O) groups excluding carboxylic acids is 3. The number of ketones is 1. The summed E-state index contributed by atoms with van der Waals surface area (Å²) >= 11 is 5.85. The van der Waals surface area contributed by atoms with E-state index in [4.69, 9.17) is 16.3 Å². The van der Waals surface area contributed by atoms with Crippen molar-refractivity contribution in [3.8, 4) is 5.75 Å². The zero-order valence-corrected chi connectivity index (χ0v) is 15.8. The molecule has 0 N–H and O–H groups in total. The fourth-order valence-electron chi connectivity index (χ4n) is 3.66. The van der Waals surface area contributed by atoms with E-state index >= 15 is 0 Å². The van der Waals surface area contributed by atoms with Crippen molar-refractivity contribution < 1.29 is 19.1 Å². The molecule has 2 amide bonds. The van der Waals surface area contributed by atoms with Gasteiger partial charge in [0.2, 0.25) is 11.8 Å². The number of carbonyl (C=O) groups is 3. The molecule has 2 atom stereocenters. The van der Waals surface area contributed by atoms with Crippen molar-refractivity contribution >= 4 is 34.9 Å². The van der Waals surface area contributed by atoms with Crippen LogP contribution in [0.3, 0.4) is 0 Å². The molecule has 1 saturated heterocycles. The van der Waals surface area contributed by atoms with Gasteiger partial charge in [-0.3, -0.25) is 14.4 Å². The molecule has 28 heavy (non-hydrogen) atoms. The number of imide groups is 1. The van der Waals surface area contributed by atoms with Crippen molar-refractivity contribution in [3.63, 3.8) is 0 Å². The summed E-state index contributed by atoms with van der Waals surface area (Å²) in [6, 6.07) is 13.3. The first-order valence-corrected chi connectivity index (χ1v) is 9.47. The minimum Gasteiger partial charge on any atom is -0.483 e. The number of Topliss-reactive ketones (excluding diaryl/α,β-unsaturated/α-hetero) is 1. The van der Waals surface area contributed by atoms with E-state index in [1.165, 1.54) is 4.90 Å². The second-order valence-electron chi connectivity index (χ2n) is 6.85. The molecular formula is C22H18ClNO4. The van der Waals surface area contributed by atoms with E-state index in [2.05, 4.69) is 0 Å². The van der Waals surface area contributed by atoms with Crippen LogP contribution in [-0.2, 0) is 9.59 Å². The molecule has 142 valence electrons. The Morgan fingerprint density at radius 2 is 1.57 bits per heavy atom. The highest BCUT2D eigenvalue weighted by molar-refractivity contribution is 6.30. The molecule has 2 aromatic carbocycles. The van der Waals surface area contributed by atoms with E-state index in [0.717, 1.165) is 0 Å². The van der Waals surface area contributed by atoms with Gasteiger partial charge in [-0.25, -0.2) is 4.90 Å². The van der Waals surface area contributed by atoms with Crippen LogP contribution in [-0.4, -0.2) is 24.2 Å². The van der Waals surface area contributed by atoms with Crippen LogP contribution in [0.2, 0.25) is 5.02 Å². The van der Waals surface area contributed by atoms with Gasteiger partial charge < -0.3 is 4.74 Å². The third-order valence-corrected chi connectivity index (χ3v) is 5.39. The van der Waals surface area contributed by atoms with Crippen molar-refractivity contribution in [3.05, 3.63) is 71.3 Å². The standard InChI is InChI=1S/C22H18ClNO4/c23-15-11-9-14(10-12-15)19(25)13-28-20-8-4-3-7-18(20)24-21(26)16-5-1-2-6-17(16)22(24)27/h1-4,7-12,16-17H,5-6,13H2/t16-,17-/m1/s1. The van der Waals surface area contributed by atoms with E-state index in [-0.39, 0.29) is 36.0 Å². The van der Waals surface area contributed by atoms with Gasteiger partial charge in [0, 0.05) is 10.6 Å². The number of anilines is 1. The number of hydrogen-bond acceptors (Lipinski definition) is 4. The van der Waals surface area contributed by atoms with Gasteiger partial charge in [-0.15, -0.1) is 0 Å². The predicted octanol–water partition coefficient (Wildman–Crippen LogP) is 4.06. The van der Waals surface area contributed by atoms with Crippen LogP contribution < -0.4 is 9.64 Å². The topological polar surface area (TPSA) is 63.7 Å². The van der Waals surface area contributed by atoms with Gasteiger partial charge in [0.25, 0.3) is 0 Å². The Hall–Kier alpha value is -2.92. The van der Waals surface area contributed by atoms with Gasteiger partial charge in [-0.2, -0.15) is 0 Å². The Morgan fingerprint density at radius 1 is 0.964 bits per heavy atom. The number of rotatable bonds is 5. The van der Waals surface area contributed by atoms with Crippen molar-refractivity contribution in [1.29, 1.82) is 0 Å². The second kappa shape index (κ2) is 7.60. The normalized spacial score (nSPS) is 21.0. The summed E-state index contributed by atoms with van der Waals surface area (Å²) in [7, 11) is 0. The lowest BCUT2D eigenvalue weighted by molar-refractivity contribution is -0.122. The smallest absolute Gasteiger partial charge is 0.238 e. The molecule has 0 aromatic heterocycles. The third kappa shape index (κ3) is 3.34. The van der Waals surface area contributed by atoms with Crippen LogP contribution in [0.5, 0.6) is 5.75 Å². The Bertz CT molecular complexity index is 941. The van der Waals surface area contributed by atoms with Crippen molar-refractivity contribution in [2.75, 3.05) is 11.5 Å². The quantitative estimate of drug-likeness (QED) is 0.435. The van der Waals surface area contributed by atoms with E-state index in [1.807, 2.05) is 12.2 Å². The Kier molecular flexibility index (Phi) is 5.01. The molecule has 1 fully saturated rings. The van der Waals surface area contributed by atoms with Crippen LogP contribution in [0.15, 0.2) is 60.7 Å². The summed E-state index contributed by atoms with van der Waals surface area (Å²) in [6.45, 7) is -0.205. The first kappa shape index (κ1) is 18.4. The van der Waals surface area contributed by atoms with Crippen LogP contribution >= 0.6 is 11.6 Å².